The molecule has 1 saturated carbocycles. The van der Waals surface area contributed by atoms with Crippen LogP contribution in [0.15, 0.2) is 47.3 Å². The summed E-state index contributed by atoms with van der Waals surface area (Å²) in [4.78, 5) is 12.8. The van der Waals surface area contributed by atoms with Gasteiger partial charge in [0.15, 0.2) is 16.9 Å². The first-order chi connectivity index (χ1) is 13.6. The van der Waals surface area contributed by atoms with E-state index in [4.69, 9.17) is 14.2 Å². The quantitative estimate of drug-likeness (QED) is 0.613. The van der Waals surface area contributed by atoms with Crippen molar-refractivity contribution in [1.82, 2.24) is 4.57 Å². The summed E-state index contributed by atoms with van der Waals surface area (Å²) in [5.74, 6) is 2.53. The number of ether oxygens (including phenoxy) is 3. The maximum Gasteiger partial charge on any atom is 0.189 e. The minimum Gasteiger partial charge on any atom is -0.497 e. The lowest BCUT2D eigenvalue weighted by Crippen LogP contribution is -2.15. The number of hydrogen-bond acceptors (Lipinski definition) is 4. The molecule has 5 nitrogen and oxygen atoms in total. The van der Waals surface area contributed by atoms with Crippen LogP contribution in [0.3, 0.4) is 0 Å². The molecule has 1 aliphatic rings. The van der Waals surface area contributed by atoms with Crippen molar-refractivity contribution < 1.29 is 14.2 Å². The van der Waals surface area contributed by atoms with Crippen LogP contribution in [0.25, 0.3) is 10.9 Å². The summed E-state index contributed by atoms with van der Waals surface area (Å²) >= 11 is 0. The number of fused-ring (bicyclic) bond motifs is 1. The number of benzene rings is 2. The van der Waals surface area contributed by atoms with E-state index in [0.717, 1.165) is 35.4 Å². The van der Waals surface area contributed by atoms with Crippen LogP contribution >= 0.6 is 0 Å². The SMILES string of the molecule is CCOc1cc2c(cc1OC)c(=O)cc(C1CC1)n2Cc1ccc(OC)cc1. The second kappa shape index (κ2) is 7.58. The fourth-order valence-corrected chi connectivity index (χ4v) is 3.63. The van der Waals surface area contributed by atoms with E-state index >= 15 is 0 Å². The standard InChI is InChI=1S/C23H25NO4/c1-4-28-23-13-20-18(11-22(23)27-3)21(25)12-19(16-7-8-16)24(20)14-15-5-9-17(26-2)10-6-15/h5-6,9-13,16H,4,7-8,14H2,1-3H3. The van der Waals surface area contributed by atoms with E-state index < -0.39 is 0 Å². The molecule has 3 aromatic rings. The zero-order valence-electron chi connectivity index (χ0n) is 16.5. The Morgan fingerprint density at radius 1 is 1.00 bits per heavy atom. The first kappa shape index (κ1) is 18.4. The van der Waals surface area contributed by atoms with Crippen LogP contribution in [0.5, 0.6) is 17.2 Å². The van der Waals surface area contributed by atoms with Crippen molar-refractivity contribution in [2.75, 3.05) is 20.8 Å². The van der Waals surface area contributed by atoms with Crippen molar-refractivity contribution in [2.24, 2.45) is 0 Å². The number of rotatable bonds is 7. The third-order valence-corrected chi connectivity index (χ3v) is 5.22. The normalized spacial score (nSPS) is 13.5. The van der Waals surface area contributed by atoms with Gasteiger partial charge in [-0.05, 0) is 49.4 Å². The minimum atomic E-state index is 0.0317. The summed E-state index contributed by atoms with van der Waals surface area (Å²) in [5.41, 5.74) is 3.17. The predicted octanol–water partition coefficient (Wildman–Crippen LogP) is 4.34. The monoisotopic (exact) mass is 379 g/mol. The van der Waals surface area contributed by atoms with Crippen molar-refractivity contribution in [2.45, 2.75) is 32.2 Å². The summed E-state index contributed by atoms with van der Waals surface area (Å²) in [6.45, 7) is 3.16. The first-order valence-corrected chi connectivity index (χ1v) is 9.65. The molecule has 5 heteroatoms. The topological polar surface area (TPSA) is 49.7 Å². The molecule has 0 unspecified atom stereocenters. The summed E-state index contributed by atoms with van der Waals surface area (Å²) in [5, 5.41) is 0.651. The van der Waals surface area contributed by atoms with E-state index in [1.54, 1.807) is 26.4 Å². The fourth-order valence-electron chi connectivity index (χ4n) is 3.63. The van der Waals surface area contributed by atoms with Crippen LogP contribution in [0.2, 0.25) is 0 Å². The summed E-state index contributed by atoms with van der Waals surface area (Å²) in [6.07, 6.45) is 2.25. The molecule has 0 N–H and O–H groups in total. The van der Waals surface area contributed by atoms with Crippen molar-refractivity contribution in [3.63, 3.8) is 0 Å². The van der Waals surface area contributed by atoms with Gasteiger partial charge in [0.25, 0.3) is 0 Å². The molecule has 1 aromatic heterocycles. The third kappa shape index (κ3) is 3.44. The second-order valence-electron chi connectivity index (χ2n) is 7.10. The highest BCUT2D eigenvalue weighted by Crippen LogP contribution is 2.41. The maximum absolute atomic E-state index is 12.8. The van der Waals surface area contributed by atoms with Gasteiger partial charge in [0.2, 0.25) is 0 Å². The van der Waals surface area contributed by atoms with Gasteiger partial charge in [0.1, 0.15) is 5.75 Å². The Balaban J connectivity index is 1.90. The Bertz CT molecular complexity index is 1050. The average molecular weight is 379 g/mol. The molecule has 0 atom stereocenters. The van der Waals surface area contributed by atoms with Gasteiger partial charge in [-0.2, -0.15) is 0 Å². The Labute approximate surface area is 164 Å². The van der Waals surface area contributed by atoms with Crippen LogP contribution in [0, 0.1) is 0 Å². The van der Waals surface area contributed by atoms with Gasteiger partial charge in [-0.1, -0.05) is 12.1 Å². The smallest absolute Gasteiger partial charge is 0.189 e. The Morgan fingerprint density at radius 2 is 1.75 bits per heavy atom. The maximum atomic E-state index is 12.8. The van der Waals surface area contributed by atoms with Gasteiger partial charge in [-0.15, -0.1) is 0 Å². The number of hydrogen-bond donors (Lipinski definition) is 0. The molecule has 0 amide bonds. The van der Waals surface area contributed by atoms with Gasteiger partial charge in [-0.25, -0.2) is 0 Å². The Morgan fingerprint density at radius 3 is 2.36 bits per heavy atom. The van der Waals surface area contributed by atoms with E-state index in [0.29, 0.717) is 36.0 Å². The molecular weight excluding hydrogens is 354 g/mol. The van der Waals surface area contributed by atoms with Gasteiger partial charge in [0, 0.05) is 29.8 Å². The molecule has 0 aliphatic heterocycles. The van der Waals surface area contributed by atoms with Crippen molar-refractivity contribution >= 4 is 10.9 Å². The molecule has 0 saturated heterocycles. The second-order valence-corrected chi connectivity index (χ2v) is 7.10. The third-order valence-electron chi connectivity index (χ3n) is 5.22. The first-order valence-electron chi connectivity index (χ1n) is 9.65. The highest BCUT2D eigenvalue weighted by molar-refractivity contribution is 5.83. The van der Waals surface area contributed by atoms with Crippen LogP contribution in [-0.2, 0) is 6.54 Å². The number of pyridine rings is 1. The summed E-state index contributed by atoms with van der Waals surface area (Å²) in [7, 11) is 3.26. The lowest BCUT2D eigenvalue weighted by Gasteiger charge is -2.19. The molecule has 2 aromatic carbocycles. The van der Waals surface area contributed by atoms with Gasteiger partial charge < -0.3 is 18.8 Å². The largest absolute Gasteiger partial charge is 0.497 e. The highest BCUT2D eigenvalue weighted by Gasteiger charge is 2.28. The van der Waals surface area contributed by atoms with Crippen LogP contribution < -0.4 is 19.6 Å². The Hall–Kier alpha value is -2.95. The van der Waals surface area contributed by atoms with Crippen LogP contribution in [0.4, 0.5) is 0 Å². The number of aromatic nitrogens is 1. The van der Waals surface area contributed by atoms with E-state index in [2.05, 4.69) is 16.7 Å². The molecule has 0 bridgehead atoms. The predicted molar refractivity (Wildman–Crippen MR) is 110 cm³/mol. The van der Waals surface area contributed by atoms with Crippen LogP contribution in [-0.4, -0.2) is 25.4 Å². The highest BCUT2D eigenvalue weighted by atomic mass is 16.5. The summed E-state index contributed by atoms with van der Waals surface area (Å²) < 4.78 is 18.7. The van der Waals surface area contributed by atoms with E-state index in [1.807, 2.05) is 25.1 Å². The molecule has 1 heterocycles. The summed E-state index contributed by atoms with van der Waals surface area (Å²) in [6, 6.07) is 13.6. The molecule has 0 radical (unpaired) electrons. The van der Waals surface area contributed by atoms with E-state index in [9.17, 15) is 4.79 Å². The zero-order valence-corrected chi connectivity index (χ0v) is 16.5. The van der Waals surface area contributed by atoms with E-state index in [1.165, 1.54) is 0 Å². The lowest BCUT2D eigenvalue weighted by atomic mass is 10.1. The average Bonchev–Trinajstić information content (AvgIpc) is 3.55. The molecule has 4 rings (SSSR count). The minimum absolute atomic E-state index is 0.0317. The van der Waals surface area contributed by atoms with Crippen molar-refractivity contribution in [1.29, 1.82) is 0 Å². The van der Waals surface area contributed by atoms with Gasteiger partial charge in [-0.3, -0.25) is 4.79 Å². The van der Waals surface area contributed by atoms with Crippen molar-refractivity contribution in [3.05, 3.63) is 63.9 Å². The zero-order chi connectivity index (χ0) is 19.7. The number of nitrogens with zero attached hydrogens (tertiary/aromatic N) is 1. The fraction of sp³-hybridized carbons (Fsp3) is 0.348. The molecule has 146 valence electrons. The Kier molecular flexibility index (Phi) is 4.99. The molecular formula is C23H25NO4. The van der Waals surface area contributed by atoms with Crippen molar-refractivity contribution in [3.8, 4) is 17.2 Å². The number of methoxy groups -OCH3 is 2. The molecule has 1 fully saturated rings. The van der Waals surface area contributed by atoms with E-state index in [-0.39, 0.29) is 5.43 Å². The van der Waals surface area contributed by atoms with Crippen LogP contribution in [0.1, 0.15) is 36.9 Å². The van der Waals surface area contributed by atoms with Gasteiger partial charge in [0.05, 0.1) is 26.3 Å². The lowest BCUT2D eigenvalue weighted by molar-refractivity contribution is 0.311. The molecule has 1 aliphatic carbocycles. The molecule has 28 heavy (non-hydrogen) atoms. The molecule has 0 spiro atoms. The van der Waals surface area contributed by atoms with Gasteiger partial charge >= 0.3 is 0 Å².